The van der Waals surface area contributed by atoms with E-state index in [0.29, 0.717) is 37.6 Å². The molecule has 1 aromatic heterocycles. The topological polar surface area (TPSA) is 113 Å². The highest BCUT2D eigenvalue weighted by Gasteiger charge is 2.10. The standard InChI is InChI=1S/C25H29N3O5S/c1-3-32-19-7-9-21-22-10-8-20(15-24(22)27-23(21)14-19)33-12-11-26-16-25(29)17-5-4-6-18(13-17)28-34(2,30)31/h4-10,13-15,25-29H,3,11-12,16H2,1-2H3. The zero-order valence-electron chi connectivity index (χ0n) is 19.2. The molecular weight excluding hydrogens is 454 g/mol. The van der Waals surface area contributed by atoms with Gasteiger partial charge < -0.3 is 24.9 Å². The molecule has 0 aliphatic heterocycles. The average Bonchev–Trinajstić information content (AvgIpc) is 3.15. The number of aliphatic hydroxyl groups is 1. The summed E-state index contributed by atoms with van der Waals surface area (Å²) in [5.41, 5.74) is 3.05. The van der Waals surface area contributed by atoms with Crippen LogP contribution >= 0.6 is 0 Å². The Morgan fingerprint density at radius 2 is 1.65 bits per heavy atom. The lowest BCUT2D eigenvalue weighted by Gasteiger charge is -2.14. The van der Waals surface area contributed by atoms with Crippen LogP contribution in [0.4, 0.5) is 5.69 Å². The van der Waals surface area contributed by atoms with Gasteiger partial charge in [-0.1, -0.05) is 12.1 Å². The van der Waals surface area contributed by atoms with Crippen LogP contribution in [0.25, 0.3) is 21.8 Å². The third-order valence-corrected chi connectivity index (χ3v) is 5.92. The Labute approximate surface area is 198 Å². The molecule has 0 bridgehead atoms. The van der Waals surface area contributed by atoms with E-state index in [1.54, 1.807) is 24.3 Å². The van der Waals surface area contributed by atoms with Crippen LogP contribution in [0.15, 0.2) is 60.7 Å². The minimum absolute atomic E-state index is 0.314. The van der Waals surface area contributed by atoms with Gasteiger partial charge in [-0.05, 0) is 48.9 Å². The highest BCUT2D eigenvalue weighted by molar-refractivity contribution is 7.92. The highest BCUT2D eigenvalue weighted by atomic mass is 32.2. The van der Waals surface area contributed by atoms with Crippen LogP contribution in [0.1, 0.15) is 18.6 Å². The number of aliphatic hydroxyl groups excluding tert-OH is 1. The molecule has 34 heavy (non-hydrogen) atoms. The van der Waals surface area contributed by atoms with Crippen molar-refractivity contribution in [1.29, 1.82) is 0 Å². The summed E-state index contributed by atoms with van der Waals surface area (Å²) in [4.78, 5) is 3.42. The lowest BCUT2D eigenvalue weighted by molar-refractivity contribution is 0.172. The first-order valence-corrected chi connectivity index (χ1v) is 13.0. The maximum absolute atomic E-state index is 11.4. The van der Waals surface area contributed by atoms with Crippen molar-refractivity contribution in [2.24, 2.45) is 0 Å². The molecule has 4 rings (SSSR count). The first-order valence-electron chi connectivity index (χ1n) is 11.1. The average molecular weight is 484 g/mol. The van der Waals surface area contributed by atoms with Gasteiger partial charge >= 0.3 is 0 Å². The van der Waals surface area contributed by atoms with Gasteiger partial charge in [0, 0.05) is 41.7 Å². The predicted octanol–water partition coefficient (Wildman–Crippen LogP) is 3.79. The van der Waals surface area contributed by atoms with E-state index in [0.717, 1.165) is 39.6 Å². The molecule has 0 aliphatic rings. The molecule has 0 radical (unpaired) electrons. The molecule has 0 spiro atoms. The number of hydrogen-bond donors (Lipinski definition) is 4. The van der Waals surface area contributed by atoms with Crippen LogP contribution in [0, 0.1) is 0 Å². The fraction of sp³-hybridized carbons (Fsp3) is 0.280. The molecule has 0 fully saturated rings. The molecule has 0 saturated carbocycles. The minimum atomic E-state index is -3.37. The summed E-state index contributed by atoms with van der Waals surface area (Å²) in [5.74, 6) is 1.59. The largest absolute Gasteiger partial charge is 0.494 e. The van der Waals surface area contributed by atoms with E-state index < -0.39 is 16.1 Å². The number of hydrogen-bond acceptors (Lipinski definition) is 6. The number of sulfonamides is 1. The smallest absolute Gasteiger partial charge is 0.229 e. The molecule has 0 amide bonds. The predicted molar refractivity (Wildman–Crippen MR) is 135 cm³/mol. The van der Waals surface area contributed by atoms with E-state index in [2.05, 4.69) is 21.1 Å². The molecule has 8 nitrogen and oxygen atoms in total. The lowest BCUT2D eigenvalue weighted by atomic mass is 10.1. The molecule has 0 aliphatic carbocycles. The maximum Gasteiger partial charge on any atom is 0.229 e. The van der Waals surface area contributed by atoms with Gasteiger partial charge in [0.25, 0.3) is 0 Å². The van der Waals surface area contributed by atoms with Crippen LogP contribution in [-0.4, -0.2) is 51.1 Å². The van der Waals surface area contributed by atoms with Crippen molar-refractivity contribution in [3.8, 4) is 11.5 Å². The van der Waals surface area contributed by atoms with Crippen LogP contribution < -0.4 is 19.5 Å². The second-order valence-electron chi connectivity index (χ2n) is 8.04. The Hall–Kier alpha value is -3.27. The van der Waals surface area contributed by atoms with Crippen LogP contribution in [-0.2, 0) is 10.0 Å². The first-order chi connectivity index (χ1) is 16.3. The van der Waals surface area contributed by atoms with Crippen molar-refractivity contribution in [3.05, 3.63) is 66.2 Å². The van der Waals surface area contributed by atoms with Crippen molar-refractivity contribution in [3.63, 3.8) is 0 Å². The van der Waals surface area contributed by atoms with Crippen molar-refractivity contribution in [2.45, 2.75) is 13.0 Å². The molecule has 9 heteroatoms. The number of rotatable bonds is 11. The van der Waals surface area contributed by atoms with Gasteiger partial charge in [-0.25, -0.2) is 8.42 Å². The number of anilines is 1. The number of aromatic amines is 1. The van der Waals surface area contributed by atoms with E-state index in [9.17, 15) is 13.5 Å². The molecule has 180 valence electrons. The van der Waals surface area contributed by atoms with Crippen LogP contribution in [0.5, 0.6) is 11.5 Å². The third-order valence-electron chi connectivity index (χ3n) is 5.31. The molecule has 1 atom stereocenters. The Bertz CT molecular complexity index is 1380. The molecular formula is C25H29N3O5S. The Balaban J connectivity index is 1.29. The fourth-order valence-electron chi connectivity index (χ4n) is 3.84. The van der Waals surface area contributed by atoms with Gasteiger partial charge in [-0.3, -0.25) is 4.72 Å². The quantitative estimate of drug-likeness (QED) is 0.242. The first kappa shape index (κ1) is 23.9. The highest BCUT2D eigenvalue weighted by Crippen LogP contribution is 2.30. The second-order valence-corrected chi connectivity index (χ2v) is 9.79. The lowest BCUT2D eigenvalue weighted by Crippen LogP contribution is -2.26. The molecule has 4 aromatic rings. The number of aromatic nitrogens is 1. The molecule has 0 saturated heterocycles. The summed E-state index contributed by atoms with van der Waals surface area (Å²) in [7, 11) is -3.37. The van der Waals surface area contributed by atoms with E-state index in [4.69, 9.17) is 9.47 Å². The molecule has 1 unspecified atom stereocenters. The van der Waals surface area contributed by atoms with Crippen molar-refractivity contribution >= 4 is 37.5 Å². The number of H-pyrrole nitrogens is 1. The van der Waals surface area contributed by atoms with Gasteiger partial charge in [0.1, 0.15) is 18.1 Å². The summed E-state index contributed by atoms with van der Waals surface area (Å²) >= 11 is 0. The molecule has 3 aromatic carbocycles. The molecule has 4 N–H and O–H groups in total. The number of benzene rings is 3. The molecule has 1 heterocycles. The van der Waals surface area contributed by atoms with Gasteiger partial charge in [-0.15, -0.1) is 0 Å². The van der Waals surface area contributed by atoms with E-state index in [1.807, 2.05) is 37.3 Å². The number of fused-ring (bicyclic) bond motifs is 3. The van der Waals surface area contributed by atoms with Gasteiger partial charge in [0.05, 0.1) is 30.0 Å². The number of nitrogens with one attached hydrogen (secondary N) is 3. The minimum Gasteiger partial charge on any atom is -0.494 e. The number of ether oxygens (including phenoxy) is 2. The monoisotopic (exact) mass is 483 g/mol. The summed E-state index contributed by atoms with van der Waals surface area (Å²) in [6.07, 6.45) is 0.317. The van der Waals surface area contributed by atoms with Gasteiger partial charge in [0.2, 0.25) is 10.0 Å². The van der Waals surface area contributed by atoms with E-state index in [-0.39, 0.29) is 0 Å². The summed E-state index contributed by atoms with van der Waals surface area (Å²) in [6.45, 7) is 3.88. The van der Waals surface area contributed by atoms with Crippen molar-refractivity contribution < 1.29 is 23.0 Å². The SMILES string of the molecule is CCOc1ccc2c(c1)[nH]c1cc(OCCNCC(O)c3cccc(NS(C)(=O)=O)c3)ccc12. The van der Waals surface area contributed by atoms with Gasteiger partial charge in [-0.2, -0.15) is 0 Å². The summed E-state index contributed by atoms with van der Waals surface area (Å²) < 4.78 is 36.6. The second kappa shape index (κ2) is 10.3. The third kappa shape index (κ3) is 5.99. The Morgan fingerprint density at radius 3 is 2.29 bits per heavy atom. The Morgan fingerprint density at radius 1 is 0.971 bits per heavy atom. The normalized spacial score (nSPS) is 12.7. The summed E-state index contributed by atoms with van der Waals surface area (Å²) in [5, 5.41) is 15.8. The van der Waals surface area contributed by atoms with E-state index >= 15 is 0 Å². The van der Waals surface area contributed by atoms with E-state index in [1.165, 1.54) is 0 Å². The zero-order valence-corrected chi connectivity index (χ0v) is 20.0. The Kier molecular flexibility index (Phi) is 7.26. The van der Waals surface area contributed by atoms with Crippen molar-refractivity contribution in [1.82, 2.24) is 10.3 Å². The zero-order chi connectivity index (χ0) is 24.1. The van der Waals surface area contributed by atoms with Crippen LogP contribution in [0.2, 0.25) is 0 Å². The summed E-state index contributed by atoms with van der Waals surface area (Å²) in [6, 6.07) is 18.7. The van der Waals surface area contributed by atoms with Crippen molar-refractivity contribution in [2.75, 3.05) is 37.3 Å². The maximum atomic E-state index is 11.4. The fourth-order valence-corrected chi connectivity index (χ4v) is 4.39. The van der Waals surface area contributed by atoms with Gasteiger partial charge in [0.15, 0.2) is 0 Å². The van der Waals surface area contributed by atoms with Crippen LogP contribution in [0.3, 0.4) is 0 Å².